The number of ether oxygens (including phenoxy) is 1. The largest absolute Gasteiger partial charge is 0.497 e. The molecule has 0 unspecified atom stereocenters. The monoisotopic (exact) mass is 640 g/mol. The molecule has 0 aliphatic carbocycles. The quantitative estimate of drug-likeness (QED) is 0.213. The van der Waals surface area contributed by atoms with Crippen LogP contribution < -0.4 is 10.1 Å². The van der Waals surface area contributed by atoms with E-state index < -0.39 is 16.1 Å². The Kier molecular flexibility index (Phi) is 11.2. The van der Waals surface area contributed by atoms with Gasteiger partial charge in [-0.3, -0.25) is 14.6 Å². The molecule has 3 aromatic carbocycles. The Balaban J connectivity index is 1.37. The van der Waals surface area contributed by atoms with Gasteiger partial charge in [-0.25, -0.2) is 8.42 Å². The Morgan fingerprint density at radius 2 is 1.54 bits per heavy atom. The lowest BCUT2D eigenvalue weighted by Crippen LogP contribution is -2.50. The maximum atomic E-state index is 14.1. The number of nitrogens with one attached hydrogen (secondary N) is 1. The third kappa shape index (κ3) is 8.58. The van der Waals surface area contributed by atoms with Gasteiger partial charge in [0.25, 0.3) is 0 Å². The number of carbonyl (C=O) groups excluding carboxylic acids is 2. The van der Waals surface area contributed by atoms with Crippen LogP contribution in [-0.4, -0.2) is 60.7 Å². The number of hydrogen-bond acceptors (Lipinski definition) is 6. The lowest BCUT2D eigenvalue weighted by molar-refractivity contribution is -0.141. The molecule has 0 bridgehead atoms. The van der Waals surface area contributed by atoms with E-state index in [4.69, 9.17) is 4.74 Å². The van der Waals surface area contributed by atoms with E-state index in [1.165, 1.54) is 4.31 Å². The molecule has 9 nitrogen and oxygen atoms in total. The van der Waals surface area contributed by atoms with E-state index in [-0.39, 0.29) is 36.2 Å². The topological polar surface area (TPSA) is 109 Å². The molecule has 1 atom stereocenters. The van der Waals surface area contributed by atoms with Crippen molar-refractivity contribution in [2.75, 3.05) is 20.2 Å². The van der Waals surface area contributed by atoms with Gasteiger partial charge < -0.3 is 15.0 Å². The van der Waals surface area contributed by atoms with Crippen LogP contribution in [0.5, 0.6) is 5.75 Å². The first-order valence-electron chi connectivity index (χ1n) is 15.6. The number of rotatable bonds is 14. The number of pyridine rings is 1. The number of hydrogen-bond donors (Lipinski definition) is 1. The van der Waals surface area contributed by atoms with Crippen molar-refractivity contribution < 1.29 is 22.7 Å². The predicted octanol–water partition coefficient (Wildman–Crippen LogP) is 4.76. The summed E-state index contributed by atoms with van der Waals surface area (Å²) in [5, 5.41) is 3.02. The Morgan fingerprint density at radius 1 is 0.870 bits per heavy atom. The Morgan fingerprint density at radius 3 is 2.20 bits per heavy atom. The minimum atomic E-state index is -3.52. The zero-order valence-electron chi connectivity index (χ0n) is 26.0. The smallest absolute Gasteiger partial charge is 0.243 e. The Hall–Kier alpha value is -4.54. The number of carbonyl (C=O) groups is 2. The summed E-state index contributed by atoms with van der Waals surface area (Å²) >= 11 is 0. The normalized spacial score (nSPS) is 14.0. The SMILES string of the molecule is COc1ccc(CN(C(=O)CCc2ccc(S(=O)(=O)N3CCCC3)cc2)[C@H](Cc2ccccc2)C(=O)NCc2cccnc2)cc1. The van der Waals surface area contributed by atoms with Gasteiger partial charge >= 0.3 is 0 Å². The number of aryl methyl sites for hydroxylation is 1. The van der Waals surface area contributed by atoms with Crippen LogP contribution in [0.2, 0.25) is 0 Å². The van der Waals surface area contributed by atoms with Crippen LogP contribution in [0.1, 0.15) is 41.5 Å². The maximum Gasteiger partial charge on any atom is 0.243 e. The summed E-state index contributed by atoms with van der Waals surface area (Å²) in [4.78, 5) is 34.0. The number of methoxy groups -OCH3 is 1. The van der Waals surface area contributed by atoms with Crippen LogP contribution in [-0.2, 0) is 45.5 Å². The van der Waals surface area contributed by atoms with Gasteiger partial charge in [0, 0.05) is 51.4 Å². The fourth-order valence-corrected chi connectivity index (χ4v) is 7.11. The van der Waals surface area contributed by atoms with Gasteiger partial charge in [-0.2, -0.15) is 4.31 Å². The highest BCUT2D eigenvalue weighted by atomic mass is 32.2. The first-order valence-corrected chi connectivity index (χ1v) is 17.0. The molecule has 1 saturated heterocycles. The molecule has 2 heterocycles. The summed E-state index contributed by atoms with van der Waals surface area (Å²) in [5.41, 5.74) is 3.51. The summed E-state index contributed by atoms with van der Waals surface area (Å²) in [7, 11) is -1.92. The summed E-state index contributed by atoms with van der Waals surface area (Å²) in [6.45, 7) is 1.61. The van der Waals surface area contributed by atoms with Gasteiger partial charge in [-0.1, -0.05) is 60.7 Å². The summed E-state index contributed by atoms with van der Waals surface area (Å²) in [5.74, 6) is 0.264. The molecule has 1 aliphatic rings. The number of benzene rings is 3. The molecular weight excluding hydrogens is 600 g/mol. The minimum Gasteiger partial charge on any atom is -0.497 e. The van der Waals surface area contributed by atoms with Crippen LogP contribution in [0, 0.1) is 0 Å². The van der Waals surface area contributed by atoms with Gasteiger partial charge in [0.2, 0.25) is 21.8 Å². The van der Waals surface area contributed by atoms with Crippen molar-refractivity contribution in [1.29, 1.82) is 0 Å². The molecule has 240 valence electrons. The van der Waals surface area contributed by atoms with Crippen LogP contribution in [0.25, 0.3) is 0 Å². The highest BCUT2D eigenvalue weighted by Gasteiger charge is 2.31. The van der Waals surface area contributed by atoms with Crippen molar-refractivity contribution in [1.82, 2.24) is 19.5 Å². The summed E-state index contributed by atoms with van der Waals surface area (Å²) in [6, 6.07) is 26.8. The van der Waals surface area contributed by atoms with Crippen LogP contribution >= 0.6 is 0 Å². The van der Waals surface area contributed by atoms with Gasteiger partial charge in [-0.15, -0.1) is 0 Å². The number of nitrogens with zero attached hydrogens (tertiary/aromatic N) is 3. The standard InChI is InChI=1S/C36H40N4O5S/c1-45-32-16-11-30(12-17-32)27-40(34(24-29-8-3-2-4-9-29)36(42)38-26-31-10-7-21-37-25-31)35(41)20-15-28-13-18-33(19-14-28)46(43,44)39-22-5-6-23-39/h2-4,7-14,16-19,21,25,34H,5-6,15,20,22-24,26-27H2,1H3,(H,38,42)/t34-/m1/s1. The van der Waals surface area contributed by atoms with Crippen LogP contribution in [0.4, 0.5) is 0 Å². The second-order valence-electron chi connectivity index (χ2n) is 11.4. The number of aromatic nitrogens is 1. The first-order chi connectivity index (χ1) is 22.3. The van der Waals surface area contributed by atoms with Crippen molar-refractivity contribution in [3.8, 4) is 5.75 Å². The van der Waals surface area contributed by atoms with E-state index in [1.54, 1.807) is 48.7 Å². The summed E-state index contributed by atoms with van der Waals surface area (Å²) in [6.07, 6.45) is 6.02. The highest BCUT2D eigenvalue weighted by Crippen LogP contribution is 2.23. The molecule has 4 aromatic rings. The fraction of sp³-hybridized carbons (Fsp3) is 0.306. The van der Waals surface area contributed by atoms with E-state index in [9.17, 15) is 18.0 Å². The van der Waals surface area contributed by atoms with Crippen LogP contribution in [0.15, 0.2) is 108 Å². The molecule has 1 aliphatic heterocycles. The average Bonchev–Trinajstić information content (AvgIpc) is 3.66. The second kappa shape index (κ2) is 15.6. The van der Waals surface area contributed by atoms with Gasteiger partial charge in [0.05, 0.1) is 12.0 Å². The molecule has 1 fully saturated rings. The third-order valence-corrected chi connectivity index (χ3v) is 10.1. The highest BCUT2D eigenvalue weighted by molar-refractivity contribution is 7.89. The van der Waals surface area contributed by atoms with Crippen molar-refractivity contribution >= 4 is 21.8 Å². The molecule has 2 amide bonds. The Labute approximate surface area is 271 Å². The molecule has 5 rings (SSSR count). The van der Waals surface area contributed by atoms with Gasteiger partial charge in [0.1, 0.15) is 11.8 Å². The van der Waals surface area contributed by atoms with E-state index >= 15 is 0 Å². The zero-order chi connectivity index (χ0) is 32.4. The van der Waals surface area contributed by atoms with Crippen molar-refractivity contribution in [3.63, 3.8) is 0 Å². The lowest BCUT2D eigenvalue weighted by Gasteiger charge is -2.32. The molecule has 0 saturated carbocycles. The second-order valence-corrected chi connectivity index (χ2v) is 13.3. The van der Waals surface area contributed by atoms with Crippen molar-refractivity contribution in [3.05, 3.63) is 126 Å². The van der Waals surface area contributed by atoms with Crippen LogP contribution in [0.3, 0.4) is 0 Å². The molecular formula is C36H40N4O5S. The molecule has 46 heavy (non-hydrogen) atoms. The predicted molar refractivity (Wildman–Crippen MR) is 176 cm³/mol. The summed E-state index contributed by atoms with van der Waals surface area (Å²) < 4.78 is 32.8. The van der Waals surface area contributed by atoms with E-state index in [2.05, 4.69) is 10.3 Å². The van der Waals surface area contributed by atoms with Gasteiger partial charge in [0.15, 0.2) is 0 Å². The molecule has 10 heteroatoms. The minimum absolute atomic E-state index is 0.148. The third-order valence-electron chi connectivity index (χ3n) is 8.23. The van der Waals surface area contributed by atoms with E-state index in [0.29, 0.717) is 31.7 Å². The molecule has 1 aromatic heterocycles. The van der Waals surface area contributed by atoms with Gasteiger partial charge in [-0.05, 0) is 71.8 Å². The van der Waals surface area contributed by atoms with E-state index in [1.807, 2.05) is 66.7 Å². The maximum absolute atomic E-state index is 14.1. The van der Waals surface area contributed by atoms with Crippen molar-refractivity contribution in [2.45, 2.75) is 56.1 Å². The molecule has 0 spiro atoms. The molecule has 1 N–H and O–H groups in total. The fourth-order valence-electron chi connectivity index (χ4n) is 5.59. The number of sulfonamides is 1. The Bertz CT molecular complexity index is 1680. The van der Waals surface area contributed by atoms with Crippen molar-refractivity contribution in [2.24, 2.45) is 0 Å². The number of amides is 2. The zero-order valence-corrected chi connectivity index (χ0v) is 26.9. The lowest BCUT2D eigenvalue weighted by atomic mass is 10.0. The molecule has 0 radical (unpaired) electrons. The van der Waals surface area contributed by atoms with E-state index in [0.717, 1.165) is 35.1 Å². The average molecular weight is 641 g/mol. The first kappa shape index (κ1) is 32.8.